The van der Waals surface area contributed by atoms with Crippen LogP contribution in [0.4, 0.5) is 0 Å². The molecule has 0 rings (SSSR count). The molecule has 0 spiro atoms. The molecule has 4 heteroatoms. The van der Waals surface area contributed by atoms with Gasteiger partial charge >= 0.3 is 0 Å². The average molecular weight is 155 g/mol. The topological polar surface area (TPSA) is 56.1 Å². The van der Waals surface area contributed by atoms with Crippen molar-refractivity contribution in [1.29, 1.82) is 5.26 Å². The van der Waals surface area contributed by atoms with Gasteiger partial charge in [0.05, 0.1) is 19.0 Å². The highest BCUT2D eigenvalue weighted by atomic mass is 16.2. The monoisotopic (exact) mass is 155 g/mol. The van der Waals surface area contributed by atoms with E-state index in [1.165, 1.54) is 0 Å². The molecule has 1 amide bonds. The van der Waals surface area contributed by atoms with Gasteiger partial charge in [0, 0.05) is 13.6 Å². The van der Waals surface area contributed by atoms with E-state index in [0.717, 1.165) is 0 Å². The molecule has 0 heterocycles. The van der Waals surface area contributed by atoms with Crippen molar-refractivity contribution >= 4 is 5.91 Å². The highest BCUT2D eigenvalue weighted by molar-refractivity contribution is 5.77. The Morgan fingerprint density at radius 1 is 1.73 bits per heavy atom. The first-order chi connectivity index (χ1) is 5.22. The standard InChI is InChI=1S/C7H13N3O/c1-9-6-7(11)10(2)5-3-4-8/h9H,3,5-6H2,1-2H3. The average Bonchev–Trinajstić information content (AvgIpc) is 2.00. The summed E-state index contributed by atoms with van der Waals surface area (Å²) in [7, 11) is 3.41. The quantitative estimate of drug-likeness (QED) is 0.599. The van der Waals surface area contributed by atoms with Crippen LogP contribution >= 0.6 is 0 Å². The van der Waals surface area contributed by atoms with Crippen LogP contribution in [0.5, 0.6) is 0 Å². The number of nitrogens with one attached hydrogen (secondary N) is 1. The number of amides is 1. The molecule has 0 bridgehead atoms. The molecule has 0 saturated carbocycles. The zero-order chi connectivity index (χ0) is 8.69. The highest BCUT2D eigenvalue weighted by Gasteiger charge is 2.04. The van der Waals surface area contributed by atoms with Gasteiger partial charge in [-0.3, -0.25) is 4.79 Å². The summed E-state index contributed by atoms with van der Waals surface area (Å²) in [6.45, 7) is 0.846. The fourth-order valence-electron chi connectivity index (χ4n) is 0.629. The minimum absolute atomic E-state index is 0.0164. The fraction of sp³-hybridized carbons (Fsp3) is 0.714. The SMILES string of the molecule is CNCC(=O)N(C)CCC#N. The zero-order valence-electron chi connectivity index (χ0n) is 6.92. The van der Waals surface area contributed by atoms with Gasteiger partial charge in [-0.15, -0.1) is 0 Å². The Hall–Kier alpha value is -1.08. The van der Waals surface area contributed by atoms with E-state index < -0.39 is 0 Å². The first kappa shape index (κ1) is 9.92. The lowest BCUT2D eigenvalue weighted by molar-refractivity contribution is -0.128. The van der Waals surface area contributed by atoms with Gasteiger partial charge in [0.2, 0.25) is 5.91 Å². The summed E-state index contributed by atoms with van der Waals surface area (Å²) in [5.74, 6) is 0.0164. The van der Waals surface area contributed by atoms with Crippen molar-refractivity contribution in [1.82, 2.24) is 10.2 Å². The van der Waals surface area contributed by atoms with Crippen molar-refractivity contribution in [3.05, 3.63) is 0 Å². The van der Waals surface area contributed by atoms with E-state index in [2.05, 4.69) is 5.32 Å². The van der Waals surface area contributed by atoms with Gasteiger partial charge < -0.3 is 10.2 Å². The molecule has 0 aliphatic heterocycles. The van der Waals surface area contributed by atoms with Crippen LogP contribution in [0, 0.1) is 11.3 Å². The van der Waals surface area contributed by atoms with Crippen molar-refractivity contribution < 1.29 is 4.79 Å². The summed E-state index contributed by atoms with van der Waals surface area (Å²) in [4.78, 5) is 12.5. The molecule has 62 valence electrons. The molecule has 0 radical (unpaired) electrons. The Morgan fingerprint density at radius 3 is 2.82 bits per heavy atom. The molecule has 1 N–H and O–H groups in total. The second-order valence-corrected chi connectivity index (χ2v) is 2.25. The van der Waals surface area contributed by atoms with Crippen LogP contribution < -0.4 is 5.32 Å². The van der Waals surface area contributed by atoms with Crippen LogP contribution in [0.3, 0.4) is 0 Å². The molecule has 0 aromatic carbocycles. The minimum atomic E-state index is 0.0164. The number of nitriles is 1. The van der Waals surface area contributed by atoms with E-state index >= 15 is 0 Å². The van der Waals surface area contributed by atoms with Crippen LogP contribution in [0.1, 0.15) is 6.42 Å². The van der Waals surface area contributed by atoms with Crippen LogP contribution in [0.15, 0.2) is 0 Å². The molecule has 11 heavy (non-hydrogen) atoms. The molecule has 0 fully saturated rings. The first-order valence-corrected chi connectivity index (χ1v) is 3.48. The highest BCUT2D eigenvalue weighted by Crippen LogP contribution is 1.85. The number of carbonyl (C=O) groups excluding carboxylic acids is 1. The maximum Gasteiger partial charge on any atom is 0.236 e. The van der Waals surface area contributed by atoms with Crippen LogP contribution in [0.2, 0.25) is 0 Å². The van der Waals surface area contributed by atoms with E-state index in [1.807, 2.05) is 6.07 Å². The van der Waals surface area contributed by atoms with Crippen molar-refractivity contribution in [3.63, 3.8) is 0 Å². The Kier molecular flexibility index (Phi) is 5.13. The summed E-state index contributed by atoms with van der Waals surface area (Å²) in [6, 6.07) is 1.98. The first-order valence-electron chi connectivity index (χ1n) is 3.48. The second kappa shape index (κ2) is 5.69. The van der Waals surface area contributed by atoms with Crippen LogP contribution in [-0.4, -0.2) is 38.0 Å². The van der Waals surface area contributed by atoms with Crippen molar-refractivity contribution in [2.45, 2.75) is 6.42 Å². The molecule has 0 aromatic heterocycles. The lowest BCUT2D eigenvalue weighted by atomic mass is 10.4. The van der Waals surface area contributed by atoms with Gasteiger partial charge in [0.1, 0.15) is 0 Å². The van der Waals surface area contributed by atoms with E-state index in [9.17, 15) is 4.79 Å². The van der Waals surface area contributed by atoms with Gasteiger partial charge in [-0.2, -0.15) is 5.26 Å². The number of rotatable bonds is 4. The van der Waals surface area contributed by atoms with Crippen molar-refractivity contribution in [2.24, 2.45) is 0 Å². The Labute approximate surface area is 66.8 Å². The summed E-state index contributed by atoms with van der Waals surface area (Å²) < 4.78 is 0. The Bertz CT molecular complexity index is 162. The molecule has 0 aromatic rings. The molecule has 0 unspecified atom stereocenters. The van der Waals surface area contributed by atoms with E-state index in [1.54, 1.807) is 19.0 Å². The maximum absolute atomic E-state index is 11.0. The third-order valence-electron chi connectivity index (χ3n) is 1.31. The predicted molar refractivity (Wildman–Crippen MR) is 41.8 cm³/mol. The Morgan fingerprint density at radius 2 is 2.36 bits per heavy atom. The Balaban J connectivity index is 3.57. The fourth-order valence-corrected chi connectivity index (χ4v) is 0.629. The van der Waals surface area contributed by atoms with Crippen LogP contribution in [-0.2, 0) is 4.79 Å². The lowest BCUT2D eigenvalue weighted by Crippen LogP contribution is -2.34. The maximum atomic E-state index is 11.0. The van der Waals surface area contributed by atoms with Crippen molar-refractivity contribution in [2.75, 3.05) is 27.2 Å². The summed E-state index contributed by atoms with van der Waals surface area (Å²) >= 11 is 0. The lowest BCUT2D eigenvalue weighted by Gasteiger charge is -2.14. The predicted octanol–water partition coefficient (Wildman–Crippen LogP) is -0.422. The van der Waals surface area contributed by atoms with Gasteiger partial charge in [-0.25, -0.2) is 0 Å². The number of hydrogen-bond acceptors (Lipinski definition) is 3. The molecule has 0 atom stereocenters. The largest absolute Gasteiger partial charge is 0.344 e. The number of hydrogen-bond donors (Lipinski definition) is 1. The molecule has 4 nitrogen and oxygen atoms in total. The second-order valence-electron chi connectivity index (χ2n) is 2.25. The third kappa shape index (κ3) is 4.34. The molecule has 0 aliphatic rings. The zero-order valence-corrected chi connectivity index (χ0v) is 6.92. The normalized spacial score (nSPS) is 8.82. The van der Waals surface area contributed by atoms with Gasteiger partial charge in [0.25, 0.3) is 0 Å². The van der Waals surface area contributed by atoms with Gasteiger partial charge in [0.15, 0.2) is 0 Å². The number of likely N-dealkylation sites (N-methyl/N-ethyl adjacent to an activating group) is 2. The van der Waals surface area contributed by atoms with E-state index in [-0.39, 0.29) is 5.91 Å². The van der Waals surface area contributed by atoms with Crippen molar-refractivity contribution in [3.8, 4) is 6.07 Å². The van der Waals surface area contributed by atoms with E-state index in [0.29, 0.717) is 19.5 Å². The minimum Gasteiger partial charge on any atom is -0.344 e. The molecular formula is C7H13N3O. The molecular weight excluding hydrogens is 142 g/mol. The van der Waals surface area contributed by atoms with Gasteiger partial charge in [-0.05, 0) is 7.05 Å². The van der Waals surface area contributed by atoms with Gasteiger partial charge in [-0.1, -0.05) is 0 Å². The van der Waals surface area contributed by atoms with Crippen LogP contribution in [0.25, 0.3) is 0 Å². The molecule has 0 saturated heterocycles. The third-order valence-corrected chi connectivity index (χ3v) is 1.31. The smallest absolute Gasteiger partial charge is 0.236 e. The van der Waals surface area contributed by atoms with E-state index in [4.69, 9.17) is 5.26 Å². The molecule has 0 aliphatic carbocycles. The summed E-state index contributed by atoms with van der Waals surface area (Å²) in [5.41, 5.74) is 0. The summed E-state index contributed by atoms with van der Waals surface area (Å²) in [5, 5.41) is 11.0. The number of carbonyl (C=O) groups is 1. The number of nitrogens with zero attached hydrogens (tertiary/aromatic N) is 2. The summed E-state index contributed by atoms with van der Waals surface area (Å²) in [6.07, 6.45) is 0.395.